The molecule has 0 fully saturated rings. The Bertz CT molecular complexity index is 796. The minimum Gasteiger partial charge on any atom is -0.399 e. The molecule has 0 bridgehead atoms. The van der Waals surface area contributed by atoms with Crippen LogP contribution in [-0.4, -0.2) is 9.55 Å². The largest absolute Gasteiger partial charge is 0.399 e. The summed E-state index contributed by atoms with van der Waals surface area (Å²) in [7, 11) is 0. The third kappa shape index (κ3) is 3.43. The first-order valence-electron chi connectivity index (χ1n) is 6.90. The third-order valence-corrected chi connectivity index (χ3v) is 4.19. The monoisotopic (exact) mass is 331 g/mol. The summed E-state index contributed by atoms with van der Waals surface area (Å²) >= 11 is 12.0. The van der Waals surface area contributed by atoms with E-state index in [1.54, 1.807) is 6.20 Å². The number of rotatable bonds is 4. The molecule has 2 N–H and O–H groups in total. The van der Waals surface area contributed by atoms with Crippen molar-refractivity contribution < 1.29 is 0 Å². The SMILES string of the molecule is Nc1cccc(Cc2nccn2Cc2ccc(Cl)c(Cl)c2)c1. The maximum absolute atomic E-state index is 6.07. The summed E-state index contributed by atoms with van der Waals surface area (Å²) in [5, 5.41) is 1.13. The highest BCUT2D eigenvalue weighted by atomic mass is 35.5. The Morgan fingerprint density at radius 3 is 2.64 bits per heavy atom. The van der Waals surface area contributed by atoms with Crippen LogP contribution in [0.25, 0.3) is 0 Å². The summed E-state index contributed by atoms with van der Waals surface area (Å²) in [6.45, 7) is 0.703. The molecule has 1 aromatic heterocycles. The first kappa shape index (κ1) is 14.9. The molecule has 5 heteroatoms. The molecule has 0 aliphatic rings. The molecule has 0 aliphatic carbocycles. The molecule has 0 radical (unpaired) electrons. The number of benzene rings is 2. The maximum Gasteiger partial charge on any atom is 0.113 e. The van der Waals surface area contributed by atoms with Crippen LogP contribution in [0.15, 0.2) is 54.9 Å². The Balaban J connectivity index is 1.81. The van der Waals surface area contributed by atoms with Crippen molar-refractivity contribution in [3.05, 3.63) is 81.9 Å². The number of nitrogens with zero attached hydrogens (tertiary/aromatic N) is 2. The summed E-state index contributed by atoms with van der Waals surface area (Å²) in [6, 6.07) is 13.5. The van der Waals surface area contributed by atoms with E-state index in [-0.39, 0.29) is 0 Å². The van der Waals surface area contributed by atoms with Gasteiger partial charge in [0.15, 0.2) is 0 Å². The minimum atomic E-state index is 0.566. The lowest BCUT2D eigenvalue weighted by atomic mass is 10.1. The Morgan fingerprint density at radius 1 is 1.00 bits per heavy atom. The van der Waals surface area contributed by atoms with Gasteiger partial charge in [-0.3, -0.25) is 0 Å². The summed E-state index contributed by atoms with van der Waals surface area (Å²) in [6.07, 6.45) is 4.50. The number of nitrogens with two attached hydrogens (primary N) is 1. The van der Waals surface area contributed by atoms with Crippen molar-refractivity contribution in [1.29, 1.82) is 0 Å². The van der Waals surface area contributed by atoms with Crippen LogP contribution < -0.4 is 5.73 Å². The number of halogens is 2. The van der Waals surface area contributed by atoms with Gasteiger partial charge in [0.05, 0.1) is 10.0 Å². The molecule has 0 atom stereocenters. The highest BCUT2D eigenvalue weighted by molar-refractivity contribution is 6.42. The molecule has 0 saturated heterocycles. The predicted molar refractivity (Wildman–Crippen MR) is 91.5 cm³/mol. The Hall–Kier alpha value is -1.97. The van der Waals surface area contributed by atoms with Crippen molar-refractivity contribution >= 4 is 28.9 Å². The van der Waals surface area contributed by atoms with Crippen molar-refractivity contribution in [1.82, 2.24) is 9.55 Å². The number of hydrogen-bond acceptors (Lipinski definition) is 2. The number of nitrogen functional groups attached to an aromatic ring is 1. The van der Waals surface area contributed by atoms with Crippen LogP contribution in [-0.2, 0) is 13.0 Å². The van der Waals surface area contributed by atoms with Gasteiger partial charge in [0.2, 0.25) is 0 Å². The Labute approximate surface area is 139 Å². The van der Waals surface area contributed by atoms with E-state index in [1.165, 1.54) is 0 Å². The molecule has 112 valence electrons. The van der Waals surface area contributed by atoms with Crippen LogP contribution in [0.2, 0.25) is 10.0 Å². The van der Waals surface area contributed by atoms with Gasteiger partial charge in [-0.2, -0.15) is 0 Å². The van der Waals surface area contributed by atoms with Crippen LogP contribution in [0, 0.1) is 0 Å². The van der Waals surface area contributed by atoms with Gasteiger partial charge in [0.25, 0.3) is 0 Å². The van der Waals surface area contributed by atoms with Gasteiger partial charge in [-0.1, -0.05) is 41.4 Å². The quantitative estimate of drug-likeness (QED) is 0.719. The van der Waals surface area contributed by atoms with E-state index >= 15 is 0 Å². The summed E-state index contributed by atoms with van der Waals surface area (Å²) in [5.41, 5.74) is 8.81. The zero-order valence-electron chi connectivity index (χ0n) is 11.8. The zero-order chi connectivity index (χ0) is 15.5. The molecule has 3 rings (SSSR count). The van der Waals surface area contributed by atoms with E-state index < -0.39 is 0 Å². The van der Waals surface area contributed by atoms with Gasteiger partial charge in [0.1, 0.15) is 5.82 Å². The van der Waals surface area contributed by atoms with Gasteiger partial charge in [-0.05, 0) is 35.4 Å². The molecule has 22 heavy (non-hydrogen) atoms. The lowest BCUT2D eigenvalue weighted by Gasteiger charge is -2.09. The lowest BCUT2D eigenvalue weighted by Crippen LogP contribution is -2.05. The molecule has 0 saturated carbocycles. The fraction of sp³-hybridized carbons (Fsp3) is 0.118. The molecule has 1 heterocycles. The molecule has 0 spiro atoms. The smallest absolute Gasteiger partial charge is 0.113 e. The average molecular weight is 332 g/mol. The van der Waals surface area contributed by atoms with Gasteiger partial charge in [-0.25, -0.2) is 4.98 Å². The molecule has 0 amide bonds. The zero-order valence-corrected chi connectivity index (χ0v) is 13.3. The van der Waals surface area contributed by atoms with E-state index in [0.717, 1.165) is 29.1 Å². The third-order valence-electron chi connectivity index (χ3n) is 3.45. The predicted octanol–water partition coefficient (Wildman–Crippen LogP) is 4.41. The van der Waals surface area contributed by atoms with E-state index in [4.69, 9.17) is 28.9 Å². The second kappa shape index (κ2) is 6.42. The van der Waals surface area contributed by atoms with E-state index in [9.17, 15) is 0 Å². The van der Waals surface area contributed by atoms with E-state index in [1.807, 2.05) is 42.6 Å². The highest BCUT2D eigenvalue weighted by Crippen LogP contribution is 2.23. The standard InChI is InChI=1S/C17H15Cl2N3/c18-15-5-4-13(9-16(15)19)11-22-7-6-21-17(22)10-12-2-1-3-14(20)8-12/h1-9H,10-11,20H2. The minimum absolute atomic E-state index is 0.566. The van der Waals surface area contributed by atoms with Gasteiger partial charge in [-0.15, -0.1) is 0 Å². The average Bonchev–Trinajstić information content (AvgIpc) is 2.90. The van der Waals surface area contributed by atoms with Crippen LogP contribution >= 0.6 is 23.2 Å². The van der Waals surface area contributed by atoms with Crippen molar-refractivity contribution in [2.24, 2.45) is 0 Å². The van der Waals surface area contributed by atoms with E-state index in [2.05, 4.69) is 15.6 Å². The topological polar surface area (TPSA) is 43.8 Å². The van der Waals surface area contributed by atoms with Gasteiger partial charge < -0.3 is 10.3 Å². The van der Waals surface area contributed by atoms with Crippen molar-refractivity contribution in [3.63, 3.8) is 0 Å². The molecule has 2 aromatic carbocycles. The first-order valence-corrected chi connectivity index (χ1v) is 7.66. The summed E-state index contributed by atoms with van der Waals surface area (Å²) in [4.78, 5) is 4.44. The van der Waals surface area contributed by atoms with Gasteiger partial charge >= 0.3 is 0 Å². The molecule has 3 nitrogen and oxygen atoms in total. The Kier molecular flexibility index (Phi) is 4.36. The highest BCUT2D eigenvalue weighted by Gasteiger charge is 2.06. The van der Waals surface area contributed by atoms with Crippen molar-refractivity contribution in [3.8, 4) is 0 Å². The maximum atomic E-state index is 6.07. The lowest BCUT2D eigenvalue weighted by molar-refractivity contribution is 0.740. The van der Waals surface area contributed by atoms with Crippen LogP contribution in [0.3, 0.4) is 0 Å². The molecule has 0 unspecified atom stereocenters. The second-order valence-electron chi connectivity index (χ2n) is 5.14. The van der Waals surface area contributed by atoms with Crippen LogP contribution in [0.5, 0.6) is 0 Å². The number of aromatic nitrogens is 2. The normalized spacial score (nSPS) is 10.8. The van der Waals surface area contributed by atoms with E-state index in [0.29, 0.717) is 16.6 Å². The summed E-state index contributed by atoms with van der Waals surface area (Å²) in [5.74, 6) is 0.983. The van der Waals surface area contributed by atoms with Crippen LogP contribution in [0.4, 0.5) is 5.69 Å². The number of anilines is 1. The second-order valence-corrected chi connectivity index (χ2v) is 5.96. The number of hydrogen-bond donors (Lipinski definition) is 1. The van der Waals surface area contributed by atoms with Gasteiger partial charge in [0, 0.05) is 31.0 Å². The van der Waals surface area contributed by atoms with Crippen molar-refractivity contribution in [2.75, 3.05) is 5.73 Å². The first-order chi connectivity index (χ1) is 10.6. The van der Waals surface area contributed by atoms with Crippen LogP contribution in [0.1, 0.15) is 17.0 Å². The fourth-order valence-electron chi connectivity index (χ4n) is 2.37. The molecular weight excluding hydrogens is 317 g/mol. The molecule has 0 aliphatic heterocycles. The number of imidazole rings is 1. The molecular formula is C17H15Cl2N3. The fourth-order valence-corrected chi connectivity index (χ4v) is 2.69. The molecule has 3 aromatic rings. The van der Waals surface area contributed by atoms with Crippen molar-refractivity contribution in [2.45, 2.75) is 13.0 Å². The Morgan fingerprint density at radius 2 is 1.86 bits per heavy atom. The summed E-state index contributed by atoms with van der Waals surface area (Å²) < 4.78 is 2.10.